The van der Waals surface area contributed by atoms with E-state index in [4.69, 9.17) is 0 Å². The van der Waals surface area contributed by atoms with Crippen molar-refractivity contribution in [3.8, 4) is 0 Å². The topological polar surface area (TPSA) is 49.4 Å². The number of hydrogen-bond donors (Lipinski definition) is 1. The molecule has 0 aliphatic carbocycles. The Morgan fingerprint density at radius 3 is 2.40 bits per heavy atom. The van der Waals surface area contributed by atoms with Crippen LogP contribution in [0.4, 0.5) is 27.6 Å². The van der Waals surface area contributed by atoms with Crippen molar-refractivity contribution in [1.82, 2.24) is 4.90 Å². The summed E-state index contributed by atoms with van der Waals surface area (Å²) in [7, 11) is 0. The Labute approximate surface area is 169 Å². The molecular weight excluding hydrogens is 407 g/mol. The van der Waals surface area contributed by atoms with Crippen LogP contribution in [0.5, 0.6) is 0 Å². The number of carbonyl (C=O) groups is 2. The van der Waals surface area contributed by atoms with Crippen molar-refractivity contribution in [3.63, 3.8) is 0 Å². The molecule has 0 spiro atoms. The first kappa shape index (κ1) is 21.7. The van der Waals surface area contributed by atoms with Crippen LogP contribution >= 0.6 is 0 Å². The van der Waals surface area contributed by atoms with Crippen LogP contribution in [0.1, 0.15) is 28.8 Å². The average molecular weight is 426 g/mol. The number of benzene rings is 2. The van der Waals surface area contributed by atoms with Gasteiger partial charge >= 0.3 is 6.18 Å². The Hall–Kier alpha value is -2.97. The number of rotatable bonds is 5. The normalized spacial score (nSPS) is 15.2. The number of Topliss-reactive ketones (excluding diaryl/α,β-unsaturated/α-hetero) is 1. The SMILES string of the molecule is O=C(c1cc(F)ccc1F)C1CCN(C(=O)CNc2cccc(C(F)(F)F)c2)CC1. The van der Waals surface area contributed by atoms with Crippen LogP contribution in [0, 0.1) is 17.6 Å². The highest BCUT2D eigenvalue weighted by atomic mass is 19.4. The molecule has 0 unspecified atom stereocenters. The molecule has 1 fully saturated rings. The summed E-state index contributed by atoms with van der Waals surface area (Å²) in [5.74, 6) is -2.84. The second kappa shape index (κ2) is 8.81. The Morgan fingerprint density at radius 1 is 1.03 bits per heavy atom. The molecule has 0 aromatic heterocycles. The fourth-order valence-electron chi connectivity index (χ4n) is 3.39. The molecule has 2 aromatic rings. The number of piperidine rings is 1. The second-order valence-corrected chi connectivity index (χ2v) is 7.08. The Kier molecular flexibility index (Phi) is 6.38. The van der Waals surface area contributed by atoms with Crippen LogP contribution in [0.3, 0.4) is 0 Å². The standard InChI is InChI=1S/C21H19F5N2O2/c22-15-4-5-18(23)17(11-15)20(30)13-6-8-28(9-7-13)19(29)12-27-16-3-1-2-14(10-16)21(24,25)26/h1-5,10-11,13,27H,6-9,12H2. The highest BCUT2D eigenvalue weighted by Gasteiger charge is 2.31. The van der Waals surface area contributed by atoms with Gasteiger partial charge < -0.3 is 10.2 Å². The van der Waals surface area contributed by atoms with E-state index in [0.717, 1.165) is 30.3 Å². The van der Waals surface area contributed by atoms with Crippen LogP contribution in [0.15, 0.2) is 42.5 Å². The zero-order chi connectivity index (χ0) is 21.9. The summed E-state index contributed by atoms with van der Waals surface area (Å²) in [4.78, 5) is 26.3. The maximum Gasteiger partial charge on any atom is 0.416 e. The average Bonchev–Trinajstić information content (AvgIpc) is 2.73. The number of ketones is 1. The number of halogens is 5. The predicted octanol–water partition coefficient (Wildman–Crippen LogP) is 4.52. The minimum absolute atomic E-state index is 0.171. The summed E-state index contributed by atoms with van der Waals surface area (Å²) >= 11 is 0. The monoisotopic (exact) mass is 426 g/mol. The van der Waals surface area contributed by atoms with Gasteiger partial charge in [-0.15, -0.1) is 0 Å². The van der Waals surface area contributed by atoms with Crippen molar-refractivity contribution in [2.75, 3.05) is 25.0 Å². The number of carbonyl (C=O) groups excluding carboxylic acids is 2. The molecule has 1 saturated heterocycles. The molecule has 30 heavy (non-hydrogen) atoms. The molecule has 1 aliphatic rings. The van der Waals surface area contributed by atoms with Crippen molar-refractivity contribution in [2.45, 2.75) is 19.0 Å². The van der Waals surface area contributed by atoms with Gasteiger partial charge in [0, 0.05) is 24.7 Å². The van der Waals surface area contributed by atoms with Gasteiger partial charge in [-0.25, -0.2) is 8.78 Å². The van der Waals surface area contributed by atoms with Gasteiger partial charge in [0.15, 0.2) is 5.78 Å². The van der Waals surface area contributed by atoms with E-state index in [-0.39, 0.29) is 36.8 Å². The fraction of sp³-hybridized carbons (Fsp3) is 0.333. The summed E-state index contributed by atoms with van der Waals surface area (Å²) in [5, 5.41) is 2.68. The maximum absolute atomic E-state index is 13.8. The summed E-state index contributed by atoms with van der Waals surface area (Å²) in [6.07, 6.45) is -3.88. The van der Waals surface area contributed by atoms with E-state index in [0.29, 0.717) is 12.8 Å². The first-order chi connectivity index (χ1) is 14.1. The smallest absolute Gasteiger partial charge is 0.376 e. The zero-order valence-electron chi connectivity index (χ0n) is 15.8. The molecule has 1 aliphatic heterocycles. The molecule has 160 valence electrons. The number of nitrogens with one attached hydrogen (secondary N) is 1. The van der Waals surface area contributed by atoms with E-state index in [9.17, 15) is 31.5 Å². The minimum Gasteiger partial charge on any atom is -0.376 e. The summed E-state index contributed by atoms with van der Waals surface area (Å²) in [5.41, 5.74) is -0.945. The lowest BCUT2D eigenvalue weighted by Crippen LogP contribution is -2.42. The lowest BCUT2D eigenvalue weighted by atomic mass is 9.88. The van der Waals surface area contributed by atoms with E-state index in [2.05, 4.69) is 5.32 Å². The minimum atomic E-state index is -4.47. The second-order valence-electron chi connectivity index (χ2n) is 7.08. The first-order valence-corrected chi connectivity index (χ1v) is 9.33. The lowest BCUT2D eigenvalue weighted by Gasteiger charge is -2.31. The lowest BCUT2D eigenvalue weighted by molar-refractivity contribution is -0.137. The van der Waals surface area contributed by atoms with Gasteiger partial charge in [0.25, 0.3) is 0 Å². The number of alkyl halides is 3. The highest BCUT2D eigenvalue weighted by Crippen LogP contribution is 2.30. The molecule has 0 atom stereocenters. The molecule has 9 heteroatoms. The van der Waals surface area contributed by atoms with Gasteiger partial charge in [0.1, 0.15) is 11.6 Å². The molecule has 4 nitrogen and oxygen atoms in total. The van der Waals surface area contributed by atoms with Gasteiger partial charge in [-0.2, -0.15) is 13.2 Å². The molecule has 2 aromatic carbocycles. The quantitative estimate of drug-likeness (QED) is 0.565. The first-order valence-electron chi connectivity index (χ1n) is 9.33. The molecule has 0 radical (unpaired) electrons. The van der Waals surface area contributed by atoms with Gasteiger partial charge in [0.05, 0.1) is 17.7 Å². The number of amides is 1. The van der Waals surface area contributed by atoms with Gasteiger partial charge in [-0.1, -0.05) is 6.07 Å². The third kappa shape index (κ3) is 5.14. The number of anilines is 1. The Morgan fingerprint density at radius 2 is 1.73 bits per heavy atom. The van der Waals surface area contributed by atoms with E-state index < -0.39 is 35.1 Å². The third-order valence-electron chi connectivity index (χ3n) is 5.05. The van der Waals surface area contributed by atoms with Crippen molar-refractivity contribution in [1.29, 1.82) is 0 Å². The van der Waals surface area contributed by atoms with Crippen LogP contribution in [0.2, 0.25) is 0 Å². The molecule has 3 rings (SSSR count). The molecule has 1 amide bonds. The molecule has 1 heterocycles. The molecule has 0 bridgehead atoms. The van der Waals surface area contributed by atoms with Crippen LogP contribution in [0.25, 0.3) is 0 Å². The molecular formula is C21H19F5N2O2. The van der Waals surface area contributed by atoms with E-state index in [1.807, 2.05) is 0 Å². The highest BCUT2D eigenvalue weighted by molar-refractivity contribution is 5.98. The largest absolute Gasteiger partial charge is 0.416 e. The number of nitrogens with zero attached hydrogens (tertiary/aromatic N) is 1. The Balaban J connectivity index is 1.53. The summed E-state index contributed by atoms with van der Waals surface area (Å²) in [6, 6.07) is 7.25. The van der Waals surface area contributed by atoms with Gasteiger partial charge in [-0.05, 0) is 49.2 Å². The zero-order valence-corrected chi connectivity index (χ0v) is 15.8. The predicted molar refractivity (Wildman–Crippen MR) is 99.9 cm³/mol. The van der Waals surface area contributed by atoms with Gasteiger partial charge in [0.2, 0.25) is 5.91 Å². The molecule has 0 saturated carbocycles. The van der Waals surface area contributed by atoms with Gasteiger partial charge in [-0.3, -0.25) is 9.59 Å². The fourth-order valence-corrected chi connectivity index (χ4v) is 3.39. The molecule has 1 N–H and O–H groups in total. The number of hydrogen-bond acceptors (Lipinski definition) is 3. The van der Waals surface area contributed by atoms with E-state index >= 15 is 0 Å². The summed E-state index contributed by atoms with van der Waals surface area (Å²) in [6.45, 7) is 0.297. The van der Waals surface area contributed by atoms with Crippen molar-refractivity contribution >= 4 is 17.4 Å². The number of likely N-dealkylation sites (tertiary alicyclic amines) is 1. The Bertz CT molecular complexity index is 937. The summed E-state index contributed by atoms with van der Waals surface area (Å²) < 4.78 is 65.4. The van der Waals surface area contributed by atoms with Crippen LogP contribution in [-0.4, -0.2) is 36.2 Å². The third-order valence-corrected chi connectivity index (χ3v) is 5.05. The van der Waals surface area contributed by atoms with Crippen LogP contribution < -0.4 is 5.32 Å². The van der Waals surface area contributed by atoms with Crippen molar-refractivity contribution in [3.05, 3.63) is 65.2 Å². The van der Waals surface area contributed by atoms with Crippen LogP contribution in [-0.2, 0) is 11.0 Å². The maximum atomic E-state index is 13.8. The van der Waals surface area contributed by atoms with E-state index in [1.165, 1.54) is 17.0 Å². The van der Waals surface area contributed by atoms with Crippen molar-refractivity contribution < 1.29 is 31.5 Å². The van der Waals surface area contributed by atoms with E-state index in [1.54, 1.807) is 0 Å². The van der Waals surface area contributed by atoms with Crippen molar-refractivity contribution in [2.24, 2.45) is 5.92 Å².